The number of thiophene rings is 1. The smallest absolute Gasteiger partial charge is 0.307 e. The number of nitrogens with one attached hydrogen (secondary N) is 1. The summed E-state index contributed by atoms with van der Waals surface area (Å²) in [6, 6.07) is 6.32. The van der Waals surface area contributed by atoms with Crippen molar-refractivity contribution in [1.29, 1.82) is 0 Å². The van der Waals surface area contributed by atoms with Crippen molar-refractivity contribution in [3.63, 3.8) is 0 Å². The van der Waals surface area contributed by atoms with Crippen LogP contribution < -0.4 is 4.72 Å². The molecule has 0 atom stereocenters. The normalized spacial score (nSPS) is 13.8. The second-order valence-corrected chi connectivity index (χ2v) is 9.81. The van der Waals surface area contributed by atoms with E-state index in [-0.39, 0.29) is 40.4 Å². The number of ether oxygens (including phenoxy) is 1. The van der Waals surface area contributed by atoms with Crippen LogP contribution in [0.4, 0.5) is 0 Å². The van der Waals surface area contributed by atoms with E-state index >= 15 is 0 Å². The standard InChI is InChI=1S/C18H18Cl2N2O5S2/c19-13-2-1-3-14(20)18(13)29(25,26)21-7-4-17(24)27-11-16(23)22-8-5-15-12(10-22)6-9-28-15/h1-3,6,9,21H,4-5,7-8,10-11H2. The van der Waals surface area contributed by atoms with Crippen LogP contribution in [0, 0.1) is 0 Å². The maximum Gasteiger partial charge on any atom is 0.307 e. The van der Waals surface area contributed by atoms with Crippen LogP contribution in [0.3, 0.4) is 0 Å². The van der Waals surface area contributed by atoms with Crippen LogP contribution in [-0.4, -0.2) is 44.9 Å². The van der Waals surface area contributed by atoms with Crippen molar-refractivity contribution in [1.82, 2.24) is 9.62 Å². The lowest BCUT2D eigenvalue weighted by Gasteiger charge is -2.26. The van der Waals surface area contributed by atoms with E-state index in [9.17, 15) is 18.0 Å². The van der Waals surface area contributed by atoms with Gasteiger partial charge >= 0.3 is 5.97 Å². The number of nitrogens with zero attached hydrogens (tertiary/aromatic N) is 1. The zero-order chi connectivity index (χ0) is 21.0. The summed E-state index contributed by atoms with van der Waals surface area (Å²) in [7, 11) is -3.98. The molecule has 1 aromatic carbocycles. The minimum atomic E-state index is -3.98. The Hall–Kier alpha value is -1.65. The molecule has 11 heteroatoms. The van der Waals surface area contributed by atoms with Crippen LogP contribution in [-0.2, 0) is 37.3 Å². The molecule has 0 spiro atoms. The average Bonchev–Trinajstić information content (AvgIpc) is 3.13. The fraction of sp³-hybridized carbons (Fsp3) is 0.333. The first kappa shape index (κ1) is 22.0. The van der Waals surface area contributed by atoms with Gasteiger partial charge in [-0.1, -0.05) is 29.3 Å². The van der Waals surface area contributed by atoms with Crippen molar-refractivity contribution in [3.8, 4) is 0 Å². The number of rotatable bonds is 7. The third kappa shape index (κ3) is 5.49. The Balaban J connectivity index is 1.44. The fourth-order valence-electron chi connectivity index (χ4n) is 2.87. The van der Waals surface area contributed by atoms with Gasteiger partial charge in [-0.3, -0.25) is 9.59 Å². The van der Waals surface area contributed by atoms with E-state index in [0.717, 1.165) is 12.0 Å². The zero-order valence-corrected chi connectivity index (χ0v) is 18.3. The SMILES string of the molecule is O=C(CCNS(=O)(=O)c1c(Cl)cccc1Cl)OCC(=O)N1CCc2sccc2C1. The molecule has 0 radical (unpaired) electrons. The van der Waals surface area contributed by atoms with Crippen LogP contribution >= 0.6 is 34.5 Å². The predicted octanol–water partition coefficient (Wildman–Crippen LogP) is 2.85. The molecule has 0 unspecified atom stereocenters. The fourth-order valence-corrected chi connectivity index (χ4v) is 5.93. The Morgan fingerprint density at radius 2 is 1.93 bits per heavy atom. The highest BCUT2D eigenvalue weighted by molar-refractivity contribution is 7.89. The molecule has 29 heavy (non-hydrogen) atoms. The summed E-state index contributed by atoms with van der Waals surface area (Å²) < 4.78 is 31.9. The number of hydrogen-bond acceptors (Lipinski definition) is 6. The van der Waals surface area contributed by atoms with Gasteiger partial charge in [-0.05, 0) is 35.6 Å². The minimum absolute atomic E-state index is 0.0199. The van der Waals surface area contributed by atoms with Gasteiger partial charge < -0.3 is 9.64 Å². The number of carbonyl (C=O) groups is 2. The first-order chi connectivity index (χ1) is 13.8. The zero-order valence-electron chi connectivity index (χ0n) is 15.2. The highest BCUT2D eigenvalue weighted by Gasteiger charge is 2.23. The Labute approximate surface area is 182 Å². The first-order valence-electron chi connectivity index (χ1n) is 8.70. The number of hydrogen-bond donors (Lipinski definition) is 1. The summed E-state index contributed by atoms with van der Waals surface area (Å²) in [5.74, 6) is -0.960. The molecule has 1 aliphatic rings. The largest absolute Gasteiger partial charge is 0.456 e. The van der Waals surface area contributed by atoms with Crippen LogP contribution in [0.1, 0.15) is 16.9 Å². The molecule has 0 saturated carbocycles. The quantitative estimate of drug-likeness (QED) is 0.620. The molecule has 1 aromatic heterocycles. The van der Waals surface area contributed by atoms with Gasteiger partial charge in [0.05, 0.1) is 16.5 Å². The third-order valence-corrected chi connectivity index (χ3v) is 7.76. The molecule has 1 aliphatic heterocycles. The van der Waals surface area contributed by atoms with E-state index < -0.39 is 16.0 Å². The number of benzene rings is 1. The van der Waals surface area contributed by atoms with Crippen molar-refractivity contribution in [3.05, 3.63) is 50.1 Å². The second-order valence-electron chi connectivity index (χ2n) is 6.29. The molecular formula is C18H18Cl2N2O5S2. The Morgan fingerprint density at radius 1 is 1.21 bits per heavy atom. The van der Waals surface area contributed by atoms with Gasteiger partial charge in [0.25, 0.3) is 5.91 Å². The van der Waals surface area contributed by atoms with Gasteiger partial charge in [0.2, 0.25) is 10.0 Å². The number of halogens is 2. The number of esters is 1. The van der Waals surface area contributed by atoms with E-state index in [0.29, 0.717) is 13.1 Å². The lowest BCUT2D eigenvalue weighted by Crippen LogP contribution is -2.38. The molecule has 3 rings (SSSR count). The van der Waals surface area contributed by atoms with Gasteiger partial charge in [-0.25, -0.2) is 13.1 Å². The first-order valence-corrected chi connectivity index (χ1v) is 11.8. The Bertz CT molecular complexity index is 1000. The minimum Gasteiger partial charge on any atom is -0.456 e. The molecule has 2 heterocycles. The van der Waals surface area contributed by atoms with Crippen molar-refractivity contribution in [2.24, 2.45) is 0 Å². The second kappa shape index (κ2) is 9.44. The van der Waals surface area contributed by atoms with Crippen molar-refractivity contribution < 1.29 is 22.7 Å². The molecular weight excluding hydrogens is 459 g/mol. The van der Waals surface area contributed by atoms with Crippen LogP contribution in [0.2, 0.25) is 10.0 Å². The van der Waals surface area contributed by atoms with Gasteiger partial charge in [-0.15, -0.1) is 11.3 Å². The molecule has 1 amide bonds. The summed E-state index contributed by atoms with van der Waals surface area (Å²) >= 11 is 13.5. The van der Waals surface area contributed by atoms with Crippen molar-refractivity contribution >= 4 is 56.4 Å². The topological polar surface area (TPSA) is 92.8 Å². The molecule has 0 aliphatic carbocycles. The summed E-state index contributed by atoms with van der Waals surface area (Å²) in [6.45, 7) is 0.510. The highest BCUT2D eigenvalue weighted by atomic mass is 35.5. The maximum absolute atomic E-state index is 12.3. The van der Waals surface area contributed by atoms with E-state index in [1.54, 1.807) is 16.2 Å². The Morgan fingerprint density at radius 3 is 2.66 bits per heavy atom. The third-order valence-electron chi connectivity index (χ3n) is 4.33. The number of sulfonamides is 1. The number of fused-ring (bicyclic) bond motifs is 1. The van der Waals surface area contributed by atoms with Crippen LogP contribution in [0.15, 0.2) is 34.5 Å². The maximum atomic E-state index is 12.3. The molecule has 7 nitrogen and oxygen atoms in total. The van der Waals surface area contributed by atoms with Crippen LogP contribution in [0.5, 0.6) is 0 Å². The molecule has 156 valence electrons. The summed E-state index contributed by atoms with van der Waals surface area (Å²) in [5, 5.41) is 1.96. The summed E-state index contributed by atoms with van der Waals surface area (Å²) in [5.41, 5.74) is 1.12. The number of carbonyl (C=O) groups excluding carboxylic acids is 2. The van der Waals surface area contributed by atoms with E-state index in [1.165, 1.54) is 23.1 Å². The lowest BCUT2D eigenvalue weighted by atomic mass is 10.1. The van der Waals surface area contributed by atoms with Crippen molar-refractivity contribution in [2.45, 2.75) is 24.3 Å². The molecule has 0 fully saturated rings. The van der Waals surface area contributed by atoms with E-state index in [1.807, 2.05) is 11.4 Å². The van der Waals surface area contributed by atoms with Crippen LogP contribution in [0.25, 0.3) is 0 Å². The highest BCUT2D eigenvalue weighted by Crippen LogP contribution is 2.28. The average molecular weight is 477 g/mol. The molecule has 0 saturated heterocycles. The lowest BCUT2D eigenvalue weighted by molar-refractivity contribution is -0.152. The molecule has 2 aromatic rings. The van der Waals surface area contributed by atoms with Gasteiger partial charge in [0.15, 0.2) is 6.61 Å². The van der Waals surface area contributed by atoms with Gasteiger partial charge in [0, 0.05) is 24.5 Å². The molecule has 0 bridgehead atoms. The van der Waals surface area contributed by atoms with E-state index in [4.69, 9.17) is 27.9 Å². The summed E-state index contributed by atoms with van der Waals surface area (Å²) in [4.78, 5) is 26.8. The van der Waals surface area contributed by atoms with Gasteiger partial charge in [-0.2, -0.15) is 0 Å². The Kier molecular flexibility index (Phi) is 7.18. The van der Waals surface area contributed by atoms with Crippen molar-refractivity contribution in [2.75, 3.05) is 19.7 Å². The van der Waals surface area contributed by atoms with E-state index in [2.05, 4.69) is 4.72 Å². The number of amides is 1. The summed E-state index contributed by atoms with van der Waals surface area (Å²) in [6.07, 6.45) is 0.558. The molecule has 1 N–H and O–H groups in total. The monoisotopic (exact) mass is 476 g/mol. The predicted molar refractivity (Wildman–Crippen MR) is 111 cm³/mol. The van der Waals surface area contributed by atoms with Gasteiger partial charge in [0.1, 0.15) is 4.90 Å².